The van der Waals surface area contributed by atoms with Crippen LogP contribution in [-0.2, 0) is 21.6 Å². The zero-order valence-electron chi connectivity index (χ0n) is 11.3. The fourth-order valence-corrected chi connectivity index (χ4v) is 2.24. The van der Waals surface area contributed by atoms with E-state index in [-0.39, 0.29) is 12.1 Å². The van der Waals surface area contributed by atoms with E-state index in [1.807, 2.05) is 0 Å². The van der Waals surface area contributed by atoms with Gasteiger partial charge in [0.05, 0.1) is 5.69 Å². The van der Waals surface area contributed by atoms with E-state index in [2.05, 4.69) is 4.98 Å². The summed E-state index contributed by atoms with van der Waals surface area (Å²) in [4.78, 5) is 25.0. The monoisotopic (exact) mass is 292 g/mol. The number of hydrogen-bond acceptors (Lipinski definition) is 4. The lowest BCUT2D eigenvalue weighted by Gasteiger charge is -2.19. The highest BCUT2D eigenvalue weighted by Gasteiger charge is 2.37. The second-order valence-corrected chi connectivity index (χ2v) is 5.05. The molecular weight excluding hydrogens is 276 g/mol. The number of nitrogens with one attached hydrogen (secondary N) is 1. The molecule has 7 nitrogen and oxygen atoms in total. The third-order valence-corrected chi connectivity index (χ3v) is 3.46. The van der Waals surface area contributed by atoms with Crippen LogP contribution in [0.2, 0.25) is 0 Å². The van der Waals surface area contributed by atoms with E-state index in [9.17, 15) is 19.8 Å². The smallest absolute Gasteiger partial charge is 0.341 e. The molecule has 0 bridgehead atoms. The molecule has 0 aliphatic carbocycles. The quantitative estimate of drug-likeness (QED) is 0.541. The number of aliphatic hydroxyl groups is 1. The van der Waals surface area contributed by atoms with E-state index in [1.165, 1.54) is 0 Å². The minimum Gasteiger partial charge on any atom is -0.480 e. The van der Waals surface area contributed by atoms with Gasteiger partial charge in [-0.3, -0.25) is 4.79 Å². The first-order chi connectivity index (χ1) is 9.75. The number of hydrogen-bond donors (Lipinski definition) is 5. The first-order valence-electron chi connectivity index (χ1n) is 6.29. The highest BCUT2D eigenvalue weighted by molar-refractivity contribution is 5.89. The Balaban J connectivity index is 2.64. The number of rotatable bonds is 5. The van der Waals surface area contributed by atoms with Gasteiger partial charge in [-0.05, 0) is 18.6 Å². The molecule has 0 fully saturated rings. The van der Waals surface area contributed by atoms with Gasteiger partial charge in [-0.1, -0.05) is 18.2 Å². The van der Waals surface area contributed by atoms with Crippen molar-refractivity contribution in [2.24, 2.45) is 5.73 Å². The van der Waals surface area contributed by atoms with Gasteiger partial charge in [-0.25, -0.2) is 4.79 Å². The zero-order valence-corrected chi connectivity index (χ0v) is 11.3. The number of fused-ring (bicyclic) bond motifs is 1. The first-order valence-corrected chi connectivity index (χ1v) is 6.29. The summed E-state index contributed by atoms with van der Waals surface area (Å²) in [5.74, 6) is -2.62. The van der Waals surface area contributed by atoms with Crippen molar-refractivity contribution in [3.8, 4) is 0 Å². The van der Waals surface area contributed by atoms with E-state index >= 15 is 0 Å². The van der Waals surface area contributed by atoms with Crippen LogP contribution >= 0.6 is 0 Å². The SMILES string of the molecule is CC(O)(C(=O)O)c1[nH]c2ccccc2c1CC(N)C(=O)O. The summed E-state index contributed by atoms with van der Waals surface area (Å²) >= 11 is 0. The molecule has 0 radical (unpaired) electrons. The Morgan fingerprint density at radius 1 is 1.33 bits per heavy atom. The number of para-hydroxylation sites is 1. The van der Waals surface area contributed by atoms with Crippen molar-refractivity contribution < 1.29 is 24.9 Å². The van der Waals surface area contributed by atoms with E-state index < -0.39 is 23.6 Å². The first kappa shape index (κ1) is 15.0. The number of carboxylic acids is 2. The van der Waals surface area contributed by atoms with Crippen LogP contribution in [0.5, 0.6) is 0 Å². The second-order valence-electron chi connectivity index (χ2n) is 5.05. The predicted molar refractivity (Wildman–Crippen MR) is 74.8 cm³/mol. The van der Waals surface area contributed by atoms with Crippen LogP contribution < -0.4 is 5.73 Å². The molecule has 7 heteroatoms. The van der Waals surface area contributed by atoms with Crippen LogP contribution in [0.25, 0.3) is 10.9 Å². The molecule has 0 aliphatic rings. The normalized spacial score (nSPS) is 15.6. The maximum Gasteiger partial charge on any atom is 0.341 e. The molecule has 1 aromatic heterocycles. The summed E-state index contributed by atoms with van der Waals surface area (Å²) in [7, 11) is 0. The van der Waals surface area contributed by atoms with Gasteiger partial charge in [0.2, 0.25) is 0 Å². The highest BCUT2D eigenvalue weighted by Crippen LogP contribution is 2.31. The van der Waals surface area contributed by atoms with E-state index in [4.69, 9.17) is 10.8 Å². The van der Waals surface area contributed by atoms with Gasteiger partial charge in [-0.15, -0.1) is 0 Å². The van der Waals surface area contributed by atoms with Gasteiger partial charge in [0, 0.05) is 17.3 Å². The molecule has 112 valence electrons. The number of aliphatic carboxylic acids is 2. The summed E-state index contributed by atoms with van der Waals surface area (Å²) in [6.45, 7) is 1.13. The molecule has 0 spiro atoms. The molecule has 1 aromatic carbocycles. The molecule has 2 aromatic rings. The van der Waals surface area contributed by atoms with Crippen LogP contribution in [0.4, 0.5) is 0 Å². The third-order valence-electron chi connectivity index (χ3n) is 3.46. The largest absolute Gasteiger partial charge is 0.480 e. The average molecular weight is 292 g/mol. The predicted octanol–water partition coefficient (Wildman–Crippen LogP) is 0.414. The lowest BCUT2D eigenvalue weighted by molar-refractivity contribution is -0.158. The van der Waals surface area contributed by atoms with Crippen molar-refractivity contribution in [1.29, 1.82) is 0 Å². The van der Waals surface area contributed by atoms with Gasteiger partial charge in [0.15, 0.2) is 5.60 Å². The molecule has 1 heterocycles. The molecule has 2 rings (SSSR count). The summed E-state index contributed by atoms with van der Waals surface area (Å²) in [6, 6.07) is 5.74. The molecule has 0 amide bonds. The molecule has 0 aliphatic heterocycles. The standard InChI is InChI=1S/C14H16N2O5/c1-14(21,13(19)20)11-8(6-9(15)12(17)18)7-4-2-3-5-10(7)16-11/h2-5,9,16,21H,6,15H2,1H3,(H,17,18)(H,19,20). The van der Waals surface area contributed by atoms with Crippen LogP contribution in [0.15, 0.2) is 24.3 Å². The van der Waals surface area contributed by atoms with Gasteiger partial charge in [0.1, 0.15) is 6.04 Å². The second kappa shape index (κ2) is 5.19. The van der Waals surface area contributed by atoms with Crippen molar-refractivity contribution >= 4 is 22.8 Å². The van der Waals surface area contributed by atoms with Crippen LogP contribution in [0.1, 0.15) is 18.2 Å². The Morgan fingerprint density at radius 3 is 2.52 bits per heavy atom. The van der Waals surface area contributed by atoms with Crippen molar-refractivity contribution in [3.05, 3.63) is 35.5 Å². The van der Waals surface area contributed by atoms with E-state index in [0.29, 0.717) is 16.5 Å². The molecule has 0 saturated heterocycles. The summed E-state index contributed by atoms with van der Waals surface area (Å²) < 4.78 is 0. The van der Waals surface area contributed by atoms with Crippen molar-refractivity contribution in [1.82, 2.24) is 4.98 Å². The Hall–Kier alpha value is -2.38. The van der Waals surface area contributed by atoms with Crippen molar-refractivity contribution in [2.45, 2.75) is 25.0 Å². The number of aromatic nitrogens is 1. The summed E-state index contributed by atoms with van der Waals surface area (Å²) in [5, 5.41) is 28.9. The van der Waals surface area contributed by atoms with Gasteiger partial charge < -0.3 is 26.0 Å². The Bertz CT molecular complexity index is 704. The minimum atomic E-state index is -2.16. The molecule has 6 N–H and O–H groups in total. The van der Waals surface area contributed by atoms with E-state index in [1.54, 1.807) is 24.3 Å². The third kappa shape index (κ3) is 2.61. The van der Waals surface area contributed by atoms with Crippen LogP contribution in [0, 0.1) is 0 Å². The number of benzene rings is 1. The maximum absolute atomic E-state index is 11.3. The van der Waals surface area contributed by atoms with Gasteiger partial charge in [0.25, 0.3) is 0 Å². The minimum absolute atomic E-state index is 0.0490. The fourth-order valence-electron chi connectivity index (χ4n) is 2.24. The average Bonchev–Trinajstić information content (AvgIpc) is 2.78. The van der Waals surface area contributed by atoms with Crippen molar-refractivity contribution in [3.63, 3.8) is 0 Å². The molecule has 21 heavy (non-hydrogen) atoms. The number of H-pyrrole nitrogens is 1. The van der Waals surface area contributed by atoms with Crippen molar-refractivity contribution in [2.75, 3.05) is 0 Å². The number of carboxylic acid groups (broad SMARTS) is 2. The molecular formula is C14H16N2O5. The lowest BCUT2D eigenvalue weighted by Crippen LogP contribution is -2.36. The fraction of sp³-hybridized carbons (Fsp3) is 0.286. The van der Waals surface area contributed by atoms with Crippen LogP contribution in [-0.4, -0.2) is 38.3 Å². The molecule has 0 saturated carbocycles. The zero-order chi connectivity index (χ0) is 15.8. The topological polar surface area (TPSA) is 137 Å². The Labute approximate surface area is 120 Å². The summed E-state index contributed by atoms with van der Waals surface area (Å²) in [5.41, 5.74) is 4.44. The maximum atomic E-state index is 11.3. The van der Waals surface area contributed by atoms with Crippen LogP contribution in [0.3, 0.4) is 0 Å². The van der Waals surface area contributed by atoms with Gasteiger partial charge in [-0.2, -0.15) is 0 Å². The van der Waals surface area contributed by atoms with Gasteiger partial charge >= 0.3 is 11.9 Å². The number of nitrogens with two attached hydrogens (primary N) is 1. The Kier molecular flexibility index (Phi) is 3.71. The number of carbonyl (C=O) groups is 2. The molecule has 2 unspecified atom stereocenters. The Morgan fingerprint density at radius 2 is 1.95 bits per heavy atom. The van der Waals surface area contributed by atoms with E-state index in [0.717, 1.165) is 6.92 Å². The molecule has 2 atom stereocenters. The highest BCUT2D eigenvalue weighted by atomic mass is 16.4. The lowest BCUT2D eigenvalue weighted by atomic mass is 9.94. The number of aromatic amines is 1. The summed E-state index contributed by atoms with van der Waals surface area (Å²) in [6.07, 6.45) is -0.0852.